The zero-order valence-electron chi connectivity index (χ0n) is 9.35. The minimum Gasteiger partial charge on any atom is -0.377 e. The maximum Gasteiger partial charge on any atom is 0.241 e. The van der Waals surface area contributed by atoms with Gasteiger partial charge in [-0.1, -0.05) is 6.07 Å². The van der Waals surface area contributed by atoms with Crippen LogP contribution in [0.2, 0.25) is 0 Å². The molecule has 0 spiro atoms. The van der Waals surface area contributed by atoms with Gasteiger partial charge in [0.1, 0.15) is 11.0 Å². The molecule has 0 heterocycles. The highest BCUT2D eigenvalue weighted by Crippen LogP contribution is 2.24. The second-order valence-corrected chi connectivity index (χ2v) is 5.22. The Morgan fingerprint density at radius 1 is 1.38 bits per heavy atom. The third-order valence-corrected chi connectivity index (χ3v) is 3.61. The highest BCUT2D eigenvalue weighted by Gasteiger charge is 2.19. The van der Waals surface area contributed by atoms with Crippen molar-refractivity contribution < 1.29 is 8.42 Å². The number of nitriles is 1. The molecule has 0 saturated carbocycles. The van der Waals surface area contributed by atoms with Gasteiger partial charge < -0.3 is 4.90 Å². The monoisotopic (exact) mass is 239 g/mol. The maximum absolute atomic E-state index is 11.7. The number of nitrogens with zero attached hydrogens (tertiary/aromatic N) is 2. The minimum absolute atomic E-state index is 0.00343. The number of rotatable bonds is 3. The summed E-state index contributed by atoms with van der Waals surface area (Å²) in [5, 5.41) is 9.04. The molecule has 0 saturated heterocycles. The number of hydrogen-bond donors (Lipinski definition) is 1. The third-order valence-electron chi connectivity index (χ3n) is 2.16. The Kier molecular flexibility index (Phi) is 3.52. The summed E-state index contributed by atoms with van der Waals surface area (Å²) >= 11 is 0. The molecule has 0 radical (unpaired) electrons. The normalized spacial score (nSPS) is 10.9. The number of anilines is 1. The molecule has 0 atom stereocenters. The van der Waals surface area contributed by atoms with E-state index in [2.05, 4.69) is 4.72 Å². The van der Waals surface area contributed by atoms with Crippen molar-refractivity contribution in [1.82, 2.24) is 4.72 Å². The molecule has 1 aromatic carbocycles. The molecule has 16 heavy (non-hydrogen) atoms. The second-order valence-electron chi connectivity index (χ2n) is 3.36. The SMILES string of the molecule is CNS(=O)(=O)c1cccc(N(C)C)c1C#N. The van der Waals surface area contributed by atoms with Crippen molar-refractivity contribution in [3.8, 4) is 6.07 Å². The van der Waals surface area contributed by atoms with E-state index in [-0.39, 0.29) is 10.5 Å². The summed E-state index contributed by atoms with van der Waals surface area (Å²) in [5.74, 6) is 0. The van der Waals surface area contributed by atoms with E-state index in [1.54, 1.807) is 31.1 Å². The molecule has 1 rings (SSSR count). The van der Waals surface area contributed by atoms with E-state index in [1.165, 1.54) is 13.1 Å². The Morgan fingerprint density at radius 3 is 2.44 bits per heavy atom. The van der Waals surface area contributed by atoms with E-state index >= 15 is 0 Å². The Labute approximate surface area is 95.4 Å². The molecule has 0 aromatic heterocycles. The lowest BCUT2D eigenvalue weighted by Crippen LogP contribution is -2.21. The van der Waals surface area contributed by atoms with Gasteiger partial charge in [-0.2, -0.15) is 5.26 Å². The predicted molar refractivity (Wildman–Crippen MR) is 61.7 cm³/mol. The van der Waals surface area contributed by atoms with Gasteiger partial charge in [-0.05, 0) is 19.2 Å². The van der Waals surface area contributed by atoms with Gasteiger partial charge in [0.15, 0.2) is 0 Å². The zero-order valence-corrected chi connectivity index (χ0v) is 10.2. The molecule has 0 aliphatic heterocycles. The number of hydrogen-bond acceptors (Lipinski definition) is 4. The highest BCUT2D eigenvalue weighted by atomic mass is 32.2. The fourth-order valence-corrected chi connectivity index (χ4v) is 2.24. The molecule has 0 aliphatic carbocycles. The number of nitrogens with one attached hydrogen (secondary N) is 1. The van der Waals surface area contributed by atoms with Gasteiger partial charge in [-0.25, -0.2) is 13.1 Å². The summed E-state index contributed by atoms with van der Waals surface area (Å²) < 4.78 is 25.6. The van der Waals surface area contributed by atoms with Gasteiger partial charge in [0, 0.05) is 14.1 Å². The van der Waals surface area contributed by atoms with Crippen LogP contribution in [0.1, 0.15) is 5.56 Å². The molecule has 5 nitrogen and oxygen atoms in total. The van der Waals surface area contributed by atoms with Crippen molar-refractivity contribution in [3.05, 3.63) is 23.8 Å². The van der Waals surface area contributed by atoms with Crippen LogP contribution >= 0.6 is 0 Å². The lowest BCUT2D eigenvalue weighted by molar-refractivity contribution is 0.588. The Bertz CT molecular complexity index is 529. The van der Waals surface area contributed by atoms with E-state index in [1.807, 2.05) is 6.07 Å². The molecule has 0 aliphatic rings. The Hall–Kier alpha value is -1.58. The predicted octanol–water partition coefficient (Wildman–Crippen LogP) is 0.532. The van der Waals surface area contributed by atoms with Crippen molar-refractivity contribution in [3.63, 3.8) is 0 Å². The molecular weight excluding hydrogens is 226 g/mol. The first-order valence-corrected chi connectivity index (χ1v) is 6.06. The van der Waals surface area contributed by atoms with Crippen LogP contribution in [0.15, 0.2) is 23.1 Å². The molecule has 1 aromatic rings. The number of benzene rings is 1. The van der Waals surface area contributed by atoms with Crippen LogP contribution < -0.4 is 9.62 Å². The van der Waals surface area contributed by atoms with Gasteiger partial charge in [0.05, 0.1) is 11.3 Å². The van der Waals surface area contributed by atoms with Crippen molar-refractivity contribution >= 4 is 15.7 Å². The van der Waals surface area contributed by atoms with E-state index in [0.717, 1.165) is 0 Å². The van der Waals surface area contributed by atoms with Crippen LogP contribution in [0.5, 0.6) is 0 Å². The van der Waals surface area contributed by atoms with Gasteiger partial charge >= 0.3 is 0 Å². The summed E-state index contributed by atoms with van der Waals surface area (Å²) in [6.45, 7) is 0. The van der Waals surface area contributed by atoms with Gasteiger partial charge in [0.25, 0.3) is 0 Å². The van der Waals surface area contributed by atoms with Crippen LogP contribution in [-0.4, -0.2) is 29.6 Å². The molecule has 0 fully saturated rings. The molecule has 0 amide bonds. The summed E-state index contributed by atoms with van der Waals surface area (Å²) in [6.07, 6.45) is 0. The van der Waals surface area contributed by atoms with Crippen LogP contribution in [0.3, 0.4) is 0 Å². The molecule has 0 unspecified atom stereocenters. The fraction of sp³-hybridized carbons (Fsp3) is 0.300. The lowest BCUT2D eigenvalue weighted by Gasteiger charge is -2.16. The average Bonchev–Trinajstić information content (AvgIpc) is 2.27. The van der Waals surface area contributed by atoms with Gasteiger partial charge in [-0.15, -0.1) is 0 Å². The lowest BCUT2D eigenvalue weighted by atomic mass is 10.2. The smallest absolute Gasteiger partial charge is 0.241 e. The number of sulfonamides is 1. The Balaban J connectivity index is 3.56. The van der Waals surface area contributed by atoms with Crippen LogP contribution in [0.25, 0.3) is 0 Å². The van der Waals surface area contributed by atoms with Crippen LogP contribution in [0, 0.1) is 11.3 Å². The summed E-state index contributed by atoms with van der Waals surface area (Å²) in [4.78, 5) is 1.71. The first-order valence-electron chi connectivity index (χ1n) is 4.58. The van der Waals surface area contributed by atoms with E-state index in [9.17, 15) is 8.42 Å². The van der Waals surface area contributed by atoms with E-state index in [0.29, 0.717) is 5.69 Å². The summed E-state index contributed by atoms with van der Waals surface area (Å²) in [7, 11) is 1.23. The van der Waals surface area contributed by atoms with Crippen molar-refractivity contribution in [1.29, 1.82) is 5.26 Å². The van der Waals surface area contributed by atoms with Crippen LogP contribution in [0.4, 0.5) is 5.69 Å². The maximum atomic E-state index is 11.7. The molecule has 86 valence electrons. The summed E-state index contributed by atoms with van der Waals surface area (Å²) in [6, 6.07) is 6.65. The van der Waals surface area contributed by atoms with E-state index < -0.39 is 10.0 Å². The topological polar surface area (TPSA) is 73.2 Å². The first-order chi connectivity index (χ1) is 7.44. The quantitative estimate of drug-likeness (QED) is 0.835. The third kappa shape index (κ3) is 2.15. The molecule has 0 bridgehead atoms. The largest absolute Gasteiger partial charge is 0.377 e. The van der Waals surface area contributed by atoms with Gasteiger partial charge in [-0.3, -0.25) is 0 Å². The minimum atomic E-state index is -3.60. The second kappa shape index (κ2) is 4.51. The highest BCUT2D eigenvalue weighted by molar-refractivity contribution is 7.89. The van der Waals surface area contributed by atoms with Gasteiger partial charge in [0.2, 0.25) is 10.0 Å². The molecular formula is C10H13N3O2S. The first kappa shape index (κ1) is 12.5. The summed E-state index contributed by atoms with van der Waals surface area (Å²) in [5.41, 5.74) is 0.737. The zero-order chi connectivity index (χ0) is 12.3. The average molecular weight is 239 g/mol. The van der Waals surface area contributed by atoms with E-state index in [4.69, 9.17) is 5.26 Å². The van der Waals surface area contributed by atoms with Crippen molar-refractivity contribution in [2.24, 2.45) is 0 Å². The molecule has 6 heteroatoms. The molecule has 1 N–H and O–H groups in total. The standard InChI is InChI=1S/C10H13N3O2S/c1-12-16(14,15)10-6-4-5-9(13(2)3)8(10)7-11/h4-6,12H,1-3H3. The Morgan fingerprint density at radius 2 is 2.00 bits per heavy atom. The van der Waals surface area contributed by atoms with Crippen molar-refractivity contribution in [2.45, 2.75) is 4.90 Å². The fourth-order valence-electron chi connectivity index (χ4n) is 1.34. The van der Waals surface area contributed by atoms with Crippen LogP contribution in [-0.2, 0) is 10.0 Å². The van der Waals surface area contributed by atoms with Crippen molar-refractivity contribution in [2.75, 3.05) is 26.0 Å².